The normalized spacial score (nSPS) is 18.0. The highest BCUT2D eigenvalue weighted by Crippen LogP contribution is 2.16. The minimum atomic E-state index is -0.0698. The van der Waals surface area contributed by atoms with Gasteiger partial charge >= 0.3 is 0 Å². The van der Waals surface area contributed by atoms with Crippen LogP contribution in [-0.2, 0) is 0 Å². The number of hydrogen-bond donors (Lipinski definition) is 3. The molecule has 6 nitrogen and oxygen atoms in total. The molecular formula is C19H30BrN5O. The van der Waals surface area contributed by atoms with Crippen molar-refractivity contribution in [2.75, 3.05) is 39.3 Å². The summed E-state index contributed by atoms with van der Waals surface area (Å²) in [6.07, 6.45) is 2.49. The van der Waals surface area contributed by atoms with Crippen molar-refractivity contribution in [2.45, 2.75) is 32.7 Å². The molecule has 7 heteroatoms. The molecule has 0 spiro atoms. The van der Waals surface area contributed by atoms with Gasteiger partial charge in [-0.25, -0.2) is 0 Å². The first-order chi connectivity index (χ1) is 12.6. The molecule has 1 aromatic carbocycles. The fourth-order valence-electron chi connectivity index (χ4n) is 3.15. The number of hydrogen-bond acceptors (Lipinski definition) is 3. The fourth-order valence-corrected chi connectivity index (χ4v) is 3.54. The Balaban J connectivity index is 1.75. The van der Waals surface area contributed by atoms with Crippen molar-refractivity contribution in [1.82, 2.24) is 20.9 Å². The summed E-state index contributed by atoms with van der Waals surface area (Å²) in [4.78, 5) is 19.3. The van der Waals surface area contributed by atoms with Gasteiger partial charge in [0.15, 0.2) is 5.96 Å². The lowest BCUT2D eigenvalue weighted by atomic mass is 10.2. The number of halogens is 1. The summed E-state index contributed by atoms with van der Waals surface area (Å²) in [7, 11) is 0. The van der Waals surface area contributed by atoms with Crippen LogP contribution in [0.2, 0.25) is 0 Å². The smallest absolute Gasteiger partial charge is 0.251 e. The molecule has 1 saturated heterocycles. The van der Waals surface area contributed by atoms with E-state index in [0.717, 1.165) is 30.1 Å². The molecule has 1 atom stereocenters. The zero-order chi connectivity index (χ0) is 18.8. The number of nitrogens with zero attached hydrogens (tertiary/aromatic N) is 2. The van der Waals surface area contributed by atoms with Crippen LogP contribution in [0.3, 0.4) is 0 Å². The summed E-state index contributed by atoms with van der Waals surface area (Å²) in [5.74, 6) is 0.742. The Kier molecular flexibility index (Phi) is 8.91. The maximum absolute atomic E-state index is 12.1. The number of amides is 1. The Labute approximate surface area is 165 Å². The minimum Gasteiger partial charge on any atom is -0.357 e. The Bertz CT molecular complexity index is 607. The number of rotatable bonds is 8. The van der Waals surface area contributed by atoms with Crippen LogP contribution < -0.4 is 16.0 Å². The maximum atomic E-state index is 12.1. The lowest BCUT2D eigenvalue weighted by Gasteiger charge is -2.21. The van der Waals surface area contributed by atoms with Crippen LogP contribution in [0.5, 0.6) is 0 Å². The third-order valence-electron chi connectivity index (χ3n) is 4.50. The van der Waals surface area contributed by atoms with E-state index in [2.05, 4.69) is 50.6 Å². The highest BCUT2D eigenvalue weighted by Gasteiger charge is 2.22. The minimum absolute atomic E-state index is 0.0698. The van der Waals surface area contributed by atoms with Gasteiger partial charge in [0.1, 0.15) is 0 Å². The lowest BCUT2D eigenvalue weighted by Crippen LogP contribution is -2.42. The van der Waals surface area contributed by atoms with Gasteiger partial charge in [-0.15, -0.1) is 0 Å². The summed E-state index contributed by atoms with van der Waals surface area (Å²) in [5.41, 5.74) is 0.654. The zero-order valence-electron chi connectivity index (χ0n) is 15.7. The summed E-state index contributed by atoms with van der Waals surface area (Å²) < 4.78 is 0.901. The molecule has 2 rings (SSSR count). The van der Waals surface area contributed by atoms with E-state index in [0.29, 0.717) is 24.7 Å². The molecule has 1 aliphatic rings. The molecule has 26 heavy (non-hydrogen) atoms. The van der Waals surface area contributed by atoms with Gasteiger partial charge in [-0.3, -0.25) is 14.7 Å². The molecule has 3 N–H and O–H groups in total. The van der Waals surface area contributed by atoms with Crippen molar-refractivity contribution in [3.05, 3.63) is 34.3 Å². The predicted octanol–water partition coefficient (Wildman–Crippen LogP) is 2.22. The van der Waals surface area contributed by atoms with Gasteiger partial charge < -0.3 is 16.0 Å². The molecular weight excluding hydrogens is 394 g/mol. The molecule has 1 aliphatic heterocycles. The predicted molar refractivity (Wildman–Crippen MR) is 111 cm³/mol. The molecule has 1 amide bonds. The lowest BCUT2D eigenvalue weighted by molar-refractivity contribution is 0.0954. The number of benzene rings is 1. The topological polar surface area (TPSA) is 68.8 Å². The van der Waals surface area contributed by atoms with Crippen LogP contribution in [0.15, 0.2) is 33.7 Å². The standard InChI is InChI=1S/C19H30BrN5O/c1-3-21-19(24-14-17-9-6-12-25(17)4-2)23-11-10-22-18(26)15-7-5-8-16(20)13-15/h5,7-8,13,17H,3-4,6,9-12,14H2,1-2H3,(H,22,26)(H2,21,23,24). The van der Waals surface area contributed by atoms with Crippen LogP contribution >= 0.6 is 15.9 Å². The molecule has 1 aromatic rings. The number of carbonyl (C=O) groups is 1. The average Bonchev–Trinajstić information content (AvgIpc) is 3.10. The van der Waals surface area contributed by atoms with Crippen LogP contribution in [0.4, 0.5) is 0 Å². The molecule has 0 aliphatic carbocycles. The first kappa shape index (κ1) is 20.7. The quantitative estimate of drug-likeness (QED) is 0.340. The Hall–Kier alpha value is -1.60. The van der Waals surface area contributed by atoms with Crippen molar-refractivity contribution in [1.29, 1.82) is 0 Å². The summed E-state index contributed by atoms with van der Waals surface area (Å²) in [6, 6.07) is 7.93. The highest BCUT2D eigenvalue weighted by atomic mass is 79.9. The maximum Gasteiger partial charge on any atom is 0.251 e. The summed E-state index contributed by atoms with van der Waals surface area (Å²) in [5, 5.41) is 9.48. The van der Waals surface area contributed by atoms with E-state index in [9.17, 15) is 4.79 Å². The molecule has 1 fully saturated rings. The van der Waals surface area contributed by atoms with Gasteiger partial charge in [0.05, 0.1) is 6.54 Å². The van der Waals surface area contributed by atoms with E-state index >= 15 is 0 Å². The van der Waals surface area contributed by atoms with Crippen molar-refractivity contribution < 1.29 is 4.79 Å². The fraction of sp³-hybridized carbons (Fsp3) is 0.579. The van der Waals surface area contributed by atoms with E-state index in [4.69, 9.17) is 4.99 Å². The molecule has 144 valence electrons. The van der Waals surface area contributed by atoms with Crippen molar-refractivity contribution in [3.8, 4) is 0 Å². The van der Waals surface area contributed by atoms with E-state index in [1.54, 1.807) is 6.07 Å². The van der Waals surface area contributed by atoms with Crippen molar-refractivity contribution in [3.63, 3.8) is 0 Å². The van der Waals surface area contributed by atoms with Gasteiger partial charge in [-0.1, -0.05) is 28.9 Å². The van der Waals surface area contributed by atoms with E-state index in [-0.39, 0.29) is 5.91 Å². The van der Waals surface area contributed by atoms with Crippen molar-refractivity contribution >= 4 is 27.8 Å². The first-order valence-corrected chi connectivity index (χ1v) is 10.2. The van der Waals surface area contributed by atoms with Gasteiger partial charge in [0.25, 0.3) is 5.91 Å². The molecule has 0 aromatic heterocycles. The third-order valence-corrected chi connectivity index (χ3v) is 4.99. The van der Waals surface area contributed by atoms with Gasteiger partial charge in [-0.05, 0) is 51.1 Å². The van der Waals surface area contributed by atoms with E-state index in [1.165, 1.54) is 19.4 Å². The number of guanidine groups is 1. The van der Waals surface area contributed by atoms with Crippen LogP contribution in [-0.4, -0.2) is 62.1 Å². The highest BCUT2D eigenvalue weighted by molar-refractivity contribution is 9.10. The Morgan fingerprint density at radius 3 is 2.81 bits per heavy atom. The number of carbonyl (C=O) groups excluding carboxylic acids is 1. The molecule has 0 bridgehead atoms. The number of nitrogens with one attached hydrogen (secondary N) is 3. The second kappa shape index (κ2) is 11.2. The summed E-state index contributed by atoms with van der Waals surface area (Å²) in [6.45, 7) is 9.34. The van der Waals surface area contributed by atoms with Crippen LogP contribution in [0, 0.1) is 0 Å². The molecule has 1 unspecified atom stereocenters. The first-order valence-electron chi connectivity index (χ1n) is 9.44. The molecule has 0 saturated carbocycles. The Morgan fingerprint density at radius 2 is 2.08 bits per heavy atom. The van der Waals surface area contributed by atoms with Gasteiger partial charge in [0.2, 0.25) is 0 Å². The van der Waals surface area contributed by atoms with E-state index < -0.39 is 0 Å². The monoisotopic (exact) mass is 423 g/mol. The van der Waals surface area contributed by atoms with Crippen LogP contribution in [0.1, 0.15) is 37.0 Å². The number of likely N-dealkylation sites (tertiary alicyclic amines) is 1. The number of aliphatic imine (C=N–C) groups is 1. The average molecular weight is 424 g/mol. The van der Waals surface area contributed by atoms with Gasteiger partial charge in [0, 0.05) is 35.7 Å². The second-order valence-electron chi connectivity index (χ2n) is 6.34. The van der Waals surface area contributed by atoms with Crippen molar-refractivity contribution in [2.24, 2.45) is 4.99 Å². The molecule has 0 radical (unpaired) electrons. The molecule has 1 heterocycles. The second-order valence-corrected chi connectivity index (χ2v) is 7.25. The summed E-state index contributed by atoms with van der Waals surface area (Å²) >= 11 is 3.38. The third kappa shape index (κ3) is 6.61. The zero-order valence-corrected chi connectivity index (χ0v) is 17.3. The van der Waals surface area contributed by atoms with Gasteiger partial charge in [-0.2, -0.15) is 0 Å². The SMILES string of the molecule is CCNC(=NCC1CCCN1CC)NCCNC(=O)c1cccc(Br)c1. The van der Waals surface area contributed by atoms with E-state index in [1.807, 2.05) is 18.2 Å². The number of likely N-dealkylation sites (N-methyl/N-ethyl adjacent to an activating group) is 1. The van der Waals surface area contributed by atoms with Crippen LogP contribution in [0.25, 0.3) is 0 Å². The Morgan fingerprint density at radius 1 is 1.27 bits per heavy atom. The largest absolute Gasteiger partial charge is 0.357 e.